The number of carboxylic acid groups (broad SMARTS) is 1. The predicted molar refractivity (Wildman–Crippen MR) is 200 cm³/mol. The first-order valence-corrected chi connectivity index (χ1v) is 20.2. The van der Waals surface area contributed by atoms with Crippen molar-refractivity contribution in [3.05, 3.63) is 53.4 Å². The first-order chi connectivity index (χ1) is 23.6. The topological polar surface area (TPSA) is 57.6 Å². The van der Waals surface area contributed by atoms with Gasteiger partial charge in [-0.25, -0.2) is 9.18 Å². The number of carbonyl (C=O) groups is 2. The van der Waals surface area contributed by atoms with Crippen LogP contribution in [0.2, 0.25) is 0 Å². The number of allylic oxidation sites excluding steroid dienone is 3. The van der Waals surface area contributed by atoms with Crippen LogP contribution in [0.3, 0.4) is 0 Å². The van der Waals surface area contributed by atoms with Crippen LogP contribution in [0.5, 0.6) is 0 Å². The number of aromatic carboxylic acids is 1. The van der Waals surface area contributed by atoms with Gasteiger partial charge in [0.2, 0.25) is 0 Å². The molecule has 0 amide bonds. The summed E-state index contributed by atoms with van der Waals surface area (Å²) < 4.78 is 15.5. The van der Waals surface area contributed by atoms with E-state index in [1.165, 1.54) is 63.3 Å². The summed E-state index contributed by atoms with van der Waals surface area (Å²) in [5.41, 5.74) is 2.89. The molecule has 1 aromatic rings. The van der Waals surface area contributed by atoms with E-state index in [0.29, 0.717) is 40.9 Å². The molecule has 0 unspecified atom stereocenters. The van der Waals surface area contributed by atoms with Gasteiger partial charge in [0, 0.05) is 17.4 Å². The van der Waals surface area contributed by atoms with Crippen LogP contribution in [0, 0.1) is 62.5 Å². The van der Waals surface area contributed by atoms with E-state index in [1.807, 2.05) is 0 Å². The van der Waals surface area contributed by atoms with Crippen LogP contribution >= 0.6 is 0 Å². The second-order valence-corrected chi connectivity index (χ2v) is 19.3. The lowest BCUT2D eigenvalue weighted by molar-refractivity contribution is -0.224. The number of benzene rings is 1. The molecule has 5 heteroatoms. The second kappa shape index (κ2) is 12.7. The van der Waals surface area contributed by atoms with Gasteiger partial charge in [-0.2, -0.15) is 0 Å². The van der Waals surface area contributed by atoms with E-state index in [0.717, 1.165) is 63.5 Å². The molecule has 1 aliphatic heterocycles. The molecular formula is C45H64FNO3. The number of hydrogen-bond acceptors (Lipinski definition) is 3. The first kappa shape index (κ1) is 36.1. The number of piperidine rings is 1. The quantitative estimate of drug-likeness (QED) is 0.277. The fourth-order valence-electron chi connectivity index (χ4n) is 14.4. The normalized spacial score (nSPS) is 40.9. The molecule has 7 rings (SSSR count). The maximum Gasteiger partial charge on any atom is 0.335 e. The third-order valence-electron chi connectivity index (χ3n) is 17.0. The van der Waals surface area contributed by atoms with Crippen molar-refractivity contribution in [3.8, 4) is 0 Å². The Bertz CT molecular complexity index is 1570. The molecule has 0 bridgehead atoms. The van der Waals surface area contributed by atoms with Crippen molar-refractivity contribution in [3.63, 3.8) is 0 Å². The zero-order chi connectivity index (χ0) is 35.9. The van der Waals surface area contributed by atoms with Gasteiger partial charge in [-0.15, -0.1) is 0 Å². The van der Waals surface area contributed by atoms with Crippen LogP contribution in [0.1, 0.15) is 147 Å². The summed E-state index contributed by atoms with van der Waals surface area (Å²) in [6.07, 6.45) is 18.0. The smallest absolute Gasteiger partial charge is 0.335 e. The molecule has 4 nitrogen and oxygen atoms in total. The van der Waals surface area contributed by atoms with Crippen LogP contribution in [-0.4, -0.2) is 41.4 Å². The van der Waals surface area contributed by atoms with E-state index in [-0.39, 0.29) is 32.6 Å². The molecule has 274 valence electrons. The SMILES string of the molecule is C=C(C)[C@@H]1CC[C@]2(C(=O)CCCN3CCCCC3)CC[C@]3(C)[C@H](CC[C@@H]4[C@@]5(C)CC=C(c6ccc(C(=O)O)cc6F)C(C)(C)[C@@H]5CC[C@]43C)[C@@H]12. The number of carboxylic acids is 1. The molecule has 6 aliphatic rings. The van der Waals surface area contributed by atoms with Crippen molar-refractivity contribution in [1.82, 2.24) is 4.90 Å². The number of nitrogens with zero attached hydrogens (tertiary/aromatic N) is 1. The summed E-state index contributed by atoms with van der Waals surface area (Å²) >= 11 is 0. The van der Waals surface area contributed by atoms with E-state index in [9.17, 15) is 14.7 Å². The van der Waals surface area contributed by atoms with Crippen LogP contribution in [-0.2, 0) is 4.79 Å². The molecule has 50 heavy (non-hydrogen) atoms. The van der Waals surface area contributed by atoms with Gasteiger partial charge >= 0.3 is 5.97 Å². The molecule has 0 aromatic heterocycles. The van der Waals surface area contributed by atoms with Gasteiger partial charge in [-0.1, -0.05) is 65.3 Å². The summed E-state index contributed by atoms with van der Waals surface area (Å²) in [7, 11) is 0. The molecule has 5 aliphatic carbocycles. The highest BCUT2D eigenvalue weighted by molar-refractivity contribution is 5.88. The van der Waals surface area contributed by atoms with Gasteiger partial charge in [-0.05, 0) is 173 Å². The van der Waals surface area contributed by atoms with Gasteiger partial charge < -0.3 is 10.0 Å². The summed E-state index contributed by atoms with van der Waals surface area (Å²) in [5, 5.41) is 9.45. The van der Waals surface area contributed by atoms with Crippen molar-refractivity contribution in [2.75, 3.05) is 19.6 Å². The average molecular weight is 686 g/mol. The van der Waals surface area contributed by atoms with Crippen molar-refractivity contribution >= 4 is 17.3 Å². The molecule has 9 atom stereocenters. The number of ketones is 1. The fourth-order valence-corrected chi connectivity index (χ4v) is 14.4. The van der Waals surface area contributed by atoms with E-state index >= 15 is 4.39 Å². The Kier molecular flexibility index (Phi) is 9.17. The molecule has 4 saturated carbocycles. The van der Waals surface area contributed by atoms with Crippen LogP contribution in [0.4, 0.5) is 4.39 Å². The largest absolute Gasteiger partial charge is 0.478 e. The summed E-state index contributed by atoms with van der Waals surface area (Å²) in [6, 6.07) is 4.43. The number of carbonyl (C=O) groups excluding carboxylic acids is 1. The predicted octanol–water partition coefficient (Wildman–Crippen LogP) is 11.0. The standard InChI is InChI=1S/C45H64FNO3/c1-29(2)31-17-22-45(38(48)12-11-27-47-25-9-8-10-26-47)24-23-43(6)34(39(31)45)15-16-37-42(5)20-18-33(32-14-13-30(40(49)50)28-35(32)46)41(3,4)36(42)19-21-44(37,43)7/h13-14,18,28,31,34,36-37,39H,1,8-12,15-17,19-27H2,2-7H3,(H,49,50)/t31-,34+,36-,37+,39+,42-,43+,44+,45+/m0/s1. The van der Waals surface area contributed by atoms with Crippen molar-refractivity contribution in [2.45, 2.75) is 131 Å². The first-order valence-electron chi connectivity index (χ1n) is 20.2. The van der Waals surface area contributed by atoms with Gasteiger partial charge in [0.05, 0.1) is 5.56 Å². The molecule has 5 fully saturated rings. The highest BCUT2D eigenvalue weighted by Gasteiger charge is 2.71. The lowest BCUT2D eigenvalue weighted by atomic mass is 9.32. The minimum atomic E-state index is -1.10. The number of hydrogen-bond donors (Lipinski definition) is 1. The van der Waals surface area contributed by atoms with Crippen LogP contribution in [0.15, 0.2) is 36.4 Å². The number of halogens is 1. The molecule has 0 spiro atoms. The Morgan fingerprint density at radius 3 is 2.34 bits per heavy atom. The molecule has 1 saturated heterocycles. The molecule has 1 aromatic carbocycles. The van der Waals surface area contributed by atoms with Gasteiger partial charge in [0.25, 0.3) is 0 Å². The average Bonchev–Trinajstić information content (AvgIpc) is 3.47. The lowest BCUT2D eigenvalue weighted by Gasteiger charge is -2.72. The Morgan fingerprint density at radius 1 is 0.920 bits per heavy atom. The number of rotatable bonds is 8. The molecular weight excluding hydrogens is 621 g/mol. The minimum Gasteiger partial charge on any atom is -0.478 e. The third kappa shape index (κ3) is 5.27. The summed E-state index contributed by atoms with van der Waals surface area (Å²) in [6.45, 7) is 22.7. The van der Waals surface area contributed by atoms with Gasteiger partial charge in [0.1, 0.15) is 11.6 Å². The highest BCUT2D eigenvalue weighted by Crippen LogP contribution is 2.78. The monoisotopic (exact) mass is 685 g/mol. The maximum absolute atomic E-state index is 15.5. The Morgan fingerprint density at radius 2 is 1.66 bits per heavy atom. The lowest BCUT2D eigenvalue weighted by Crippen LogP contribution is -2.65. The van der Waals surface area contributed by atoms with E-state index in [1.54, 1.807) is 12.1 Å². The number of fused-ring (bicyclic) bond motifs is 7. The molecule has 1 N–H and O–H groups in total. The Balaban J connectivity index is 1.17. The zero-order valence-electron chi connectivity index (χ0n) is 32.0. The zero-order valence-corrected chi connectivity index (χ0v) is 32.0. The molecule has 1 heterocycles. The van der Waals surface area contributed by atoms with Crippen LogP contribution in [0.25, 0.3) is 5.57 Å². The van der Waals surface area contributed by atoms with E-state index in [2.05, 4.69) is 59.1 Å². The van der Waals surface area contributed by atoms with Gasteiger partial charge in [0.15, 0.2) is 0 Å². The second-order valence-electron chi connectivity index (χ2n) is 19.3. The van der Waals surface area contributed by atoms with Crippen molar-refractivity contribution in [2.24, 2.45) is 56.7 Å². The Hall–Kier alpha value is -2.27. The number of Topliss-reactive ketones (excluding diaryl/α,β-unsaturated/α-hetero) is 1. The third-order valence-corrected chi connectivity index (χ3v) is 17.0. The highest BCUT2D eigenvalue weighted by atomic mass is 19.1. The fraction of sp³-hybridized carbons (Fsp3) is 0.733. The van der Waals surface area contributed by atoms with Crippen molar-refractivity contribution < 1.29 is 19.1 Å². The number of likely N-dealkylation sites (tertiary alicyclic amines) is 1. The van der Waals surface area contributed by atoms with Crippen LogP contribution < -0.4 is 0 Å². The van der Waals surface area contributed by atoms with E-state index < -0.39 is 11.8 Å². The maximum atomic E-state index is 15.5. The minimum absolute atomic E-state index is 0.00413. The molecule has 0 radical (unpaired) electrons. The Labute approximate surface area is 301 Å². The summed E-state index contributed by atoms with van der Waals surface area (Å²) in [5.74, 6) is 1.40. The summed E-state index contributed by atoms with van der Waals surface area (Å²) in [4.78, 5) is 28.7. The van der Waals surface area contributed by atoms with Gasteiger partial charge in [-0.3, -0.25) is 4.79 Å². The van der Waals surface area contributed by atoms with E-state index in [4.69, 9.17) is 0 Å². The van der Waals surface area contributed by atoms with Crippen molar-refractivity contribution in [1.29, 1.82) is 0 Å².